The maximum atomic E-state index is 12.0. The van der Waals surface area contributed by atoms with Crippen molar-refractivity contribution in [2.75, 3.05) is 13.2 Å². The minimum Gasteiger partial charge on any atom is -0.396 e. The van der Waals surface area contributed by atoms with Crippen LogP contribution in [0, 0.1) is 17.8 Å². The molecule has 4 nitrogen and oxygen atoms in total. The van der Waals surface area contributed by atoms with E-state index in [1.807, 2.05) is 0 Å². The van der Waals surface area contributed by atoms with Gasteiger partial charge in [-0.3, -0.25) is 4.79 Å². The highest BCUT2D eigenvalue weighted by Crippen LogP contribution is 2.24. The lowest BCUT2D eigenvalue weighted by atomic mass is 9.94. The third kappa shape index (κ3) is 5.36. The fraction of sp³-hybridized carbons (Fsp3) is 0.929. The Balaban J connectivity index is 2.30. The standard InChI is InChI=1S/C14H28N2O2/c1-10(2)7-11(5-6-17)9-16-14(18)12-3-4-13(15)8-12/h10-13,17H,3-9,15H2,1-2H3,(H,16,18). The summed E-state index contributed by atoms with van der Waals surface area (Å²) in [5.74, 6) is 1.23. The highest BCUT2D eigenvalue weighted by Gasteiger charge is 2.27. The van der Waals surface area contributed by atoms with Gasteiger partial charge in [-0.15, -0.1) is 0 Å². The van der Waals surface area contributed by atoms with Crippen LogP contribution in [0.4, 0.5) is 0 Å². The quantitative estimate of drug-likeness (QED) is 0.642. The molecule has 1 amide bonds. The van der Waals surface area contributed by atoms with Gasteiger partial charge in [0.2, 0.25) is 5.91 Å². The van der Waals surface area contributed by atoms with Crippen molar-refractivity contribution < 1.29 is 9.90 Å². The van der Waals surface area contributed by atoms with Crippen LogP contribution in [0.2, 0.25) is 0 Å². The number of carbonyl (C=O) groups is 1. The van der Waals surface area contributed by atoms with E-state index < -0.39 is 0 Å². The second-order valence-corrected chi connectivity index (χ2v) is 6.02. The maximum Gasteiger partial charge on any atom is 0.223 e. The smallest absolute Gasteiger partial charge is 0.223 e. The molecule has 4 N–H and O–H groups in total. The van der Waals surface area contributed by atoms with Gasteiger partial charge in [-0.05, 0) is 43.9 Å². The fourth-order valence-electron chi connectivity index (χ4n) is 2.80. The van der Waals surface area contributed by atoms with Crippen molar-refractivity contribution in [3.8, 4) is 0 Å². The van der Waals surface area contributed by atoms with Gasteiger partial charge in [0.05, 0.1) is 0 Å². The van der Waals surface area contributed by atoms with E-state index in [0.29, 0.717) is 18.4 Å². The summed E-state index contributed by atoms with van der Waals surface area (Å²) in [4.78, 5) is 12.0. The Kier molecular flexibility index (Phi) is 6.65. The third-order valence-electron chi connectivity index (χ3n) is 3.75. The highest BCUT2D eigenvalue weighted by atomic mass is 16.3. The third-order valence-corrected chi connectivity index (χ3v) is 3.75. The highest BCUT2D eigenvalue weighted by molar-refractivity contribution is 5.78. The molecule has 1 aliphatic carbocycles. The molecule has 1 aliphatic rings. The van der Waals surface area contributed by atoms with Gasteiger partial charge in [-0.25, -0.2) is 0 Å². The van der Waals surface area contributed by atoms with Crippen LogP contribution in [0.1, 0.15) is 46.0 Å². The Bertz CT molecular complexity index is 256. The normalized spacial score (nSPS) is 25.4. The lowest BCUT2D eigenvalue weighted by molar-refractivity contribution is -0.125. The first-order valence-corrected chi connectivity index (χ1v) is 7.17. The molecule has 0 spiro atoms. The number of aliphatic hydroxyl groups is 1. The molecule has 4 heteroatoms. The van der Waals surface area contributed by atoms with Crippen molar-refractivity contribution in [2.24, 2.45) is 23.5 Å². The van der Waals surface area contributed by atoms with Crippen molar-refractivity contribution in [2.45, 2.75) is 52.0 Å². The minimum absolute atomic E-state index is 0.105. The molecule has 18 heavy (non-hydrogen) atoms. The Morgan fingerprint density at radius 3 is 2.67 bits per heavy atom. The van der Waals surface area contributed by atoms with Crippen molar-refractivity contribution in [1.29, 1.82) is 0 Å². The van der Waals surface area contributed by atoms with Crippen LogP contribution in [-0.2, 0) is 4.79 Å². The molecular weight excluding hydrogens is 228 g/mol. The number of nitrogens with one attached hydrogen (secondary N) is 1. The molecule has 106 valence electrons. The van der Waals surface area contributed by atoms with Gasteiger partial charge in [0.15, 0.2) is 0 Å². The molecule has 3 atom stereocenters. The SMILES string of the molecule is CC(C)CC(CCO)CNC(=O)C1CCC(N)C1. The zero-order valence-corrected chi connectivity index (χ0v) is 11.7. The molecule has 0 aromatic heterocycles. The molecule has 3 unspecified atom stereocenters. The Morgan fingerprint density at radius 2 is 2.17 bits per heavy atom. The average Bonchev–Trinajstić information content (AvgIpc) is 2.72. The van der Waals surface area contributed by atoms with Crippen molar-refractivity contribution in [3.63, 3.8) is 0 Å². The first kappa shape index (κ1) is 15.4. The lowest BCUT2D eigenvalue weighted by Crippen LogP contribution is -2.34. The van der Waals surface area contributed by atoms with Crippen LogP contribution in [0.3, 0.4) is 0 Å². The summed E-state index contributed by atoms with van der Waals surface area (Å²) in [6.45, 7) is 5.22. The van der Waals surface area contributed by atoms with Crippen LogP contribution >= 0.6 is 0 Å². The number of nitrogens with two attached hydrogens (primary N) is 1. The van der Waals surface area contributed by atoms with Crippen molar-refractivity contribution in [1.82, 2.24) is 5.32 Å². The summed E-state index contributed by atoms with van der Waals surface area (Å²) < 4.78 is 0. The summed E-state index contributed by atoms with van der Waals surface area (Å²) in [6.07, 6.45) is 4.51. The van der Waals surface area contributed by atoms with Crippen LogP contribution < -0.4 is 11.1 Å². The van der Waals surface area contributed by atoms with Crippen LogP contribution in [-0.4, -0.2) is 30.2 Å². The minimum atomic E-state index is 0.105. The van der Waals surface area contributed by atoms with E-state index in [4.69, 9.17) is 10.8 Å². The van der Waals surface area contributed by atoms with Crippen LogP contribution in [0.25, 0.3) is 0 Å². The molecule has 0 aromatic carbocycles. The van der Waals surface area contributed by atoms with E-state index >= 15 is 0 Å². The number of hydrogen-bond donors (Lipinski definition) is 3. The molecule has 0 radical (unpaired) electrons. The van der Waals surface area contributed by atoms with Crippen molar-refractivity contribution >= 4 is 5.91 Å². The van der Waals surface area contributed by atoms with E-state index in [1.54, 1.807) is 0 Å². The number of carbonyl (C=O) groups excluding carboxylic acids is 1. The van der Waals surface area contributed by atoms with E-state index in [9.17, 15) is 4.79 Å². The molecule has 1 fully saturated rings. The van der Waals surface area contributed by atoms with E-state index in [2.05, 4.69) is 19.2 Å². The van der Waals surface area contributed by atoms with E-state index in [-0.39, 0.29) is 24.5 Å². The molecule has 1 rings (SSSR count). The summed E-state index contributed by atoms with van der Waals surface area (Å²) >= 11 is 0. The topological polar surface area (TPSA) is 75.3 Å². The molecule has 0 heterocycles. The number of hydrogen-bond acceptors (Lipinski definition) is 3. The van der Waals surface area contributed by atoms with E-state index in [0.717, 1.165) is 32.1 Å². The van der Waals surface area contributed by atoms with Crippen LogP contribution in [0.5, 0.6) is 0 Å². The Morgan fingerprint density at radius 1 is 1.44 bits per heavy atom. The largest absolute Gasteiger partial charge is 0.396 e. The summed E-state index contributed by atoms with van der Waals surface area (Å²) in [5, 5.41) is 12.1. The fourth-order valence-corrected chi connectivity index (χ4v) is 2.80. The summed E-state index contributed by atoms with van der Waals surface area (Å²) in [7, 11) is 0. The average molecular weight is 256 g/mol. The first-order valence-electron chi connectivity index (χ1n) is 7.17. The summed E-state index contributed by atoms with van der Waals surface area (Å²) in [6, 6.07) is 0.199. The molecule has 0 saturated heterocycles. The zero-order chi connectivity index (χ0) is 13.5. The van der Waals surface area contributed by atoms with Gasteiger partial charge in [-0.1, -0.05) is 13.8 Å². The van der Waals surface area contributed by atoms with Gasteiger partial charge < -0.3 is 16.2 Å². The second kappa shape index (κ2) is 7.74. The Hall–Kier alpha value is -0.610. The van der Waals surface area contributed by atoms with Gasteiger partial charge in [0.1, 0.15) is 0 Å². The second-order valence-electron chi connectivity index (χ2n) is 6.02. The van der Waals surface area contributed by atoms with Crippen LogP contribution in [0.15, 0.2) is 0 Å². The van der Waals surface area contributed by atoms with Crippen molar-refractivity contribution in [3.05, 3.63) is 0 Å². The number of aliphatic hydroxyl groups excluding tert-OH is 1. The van der Waals surface area contributed by atoms with Gasteiger partial charge in [-0.2, -0.15) is 0 Å². The summed E-state index contributed by atoms with van der Waals surface area (Å²) in [5.41, 5.74) is 5.82. The number of rotatable bonds is 7. The molecule has 1 saturated carbocycles. The molecular formula is C14H28N2O2. The molecule has 0 aliphatic heterocycles. The van der Waals surface area contributed by atoms with Gasteiger partial charge >= 0.3 is 0 Å². The molecule has 0 bridgehead atoms. The monoisotopic (exact) mass is 256 g/mol. The predicted octanol–water partition coefficient (Wildman–Crippen LogP) is 1.27. The van der Waals surface area contributed by atoms with Gasteiger partial charge in [0.25, 0.3) is 0 Å². The predicted molar refractivity (Wildman–Crippen MR) is 73.0 cm³/mol. The Labute approximate surface area is 110 Å². The maximum absolute atomic E-state index is 12.0. The zero-order valence-electron chi connectivity index (χ0n) is 11.7. The van der Waals surface area contributed by atoms with E-state index in [1.165, 1.54) is 0 Å². The number of amides is 1. The molecule has 0 aromatic rings. The van der Waals surface area contributed by atoms with Gasteiger partial charge in [0, 0.05) is 25.1 Å². The lowest BCUT2D eigenvalue weighted by Gasteiger charge is -2.20. The first-order chi connectivity index (χ1) is 8.52.